The number of benzene rings is 1. The van der Waals surface area contributed by atoms with Gasteiger partial charge in [-0.1, -0.05) is 30.3 Å². The highest BCUT2D eigenvalue weighted by Gasteiger charge is 2.29. The minimum Gasteiger partial charge on any atom is -0.493 e. The van der Waals surface area contributed by atoms with Crippen molar-refractivity contribution in [3.63, 3.8) is 0 Å². The third-order valence-corrected chi connectivity index (χ3v) is 5.06. The van der Waals surface area contributed by atoms with Gasteiger partial charge in [-0.2, -0.15) is 0 Å². The summed E-state index contributed by atoms with van der Waals surface area (Å²) in [5, 5.41) is 13.6. The molecule has 1 aromatic carbocycles. The van der Waals surface area contributed by atoms with Crippen molar-refractivity contribution in [2.75, 3.05) is 14.2 Å². The molecular weight excluding hydrogens is 440 g/mol. The lowest BCUT2D eigenvalue weighted by atomic mass is 9.93. The number of nitrogens with one attached hydrogen (secondary N) is 3. The number of ether oxygens (including phenoxy) is 3. The van der Waals surface area contributed by atoms with E-state index in [1.54, 1.807) is 14.0 Å². The Morgan fingerprint density at radius 3 is 2.38 bits per heavy atom. The van der Waals surface area contributed by atoms with Crippen molar-refractivity contribution in [3.8, 4) is 11.5 Å². The monoisotopic (exact) mass is 470 g/mol. The van der Waals surface area contributed by atoms with Crippen LogP contribution in [0.3, 0.4) is 0 Å². The van der Waals surface area contributed by atoms with E-state index in [0.717, 1.165) is 5.56 Å². The van der Waals surface area contributed by atoms with Crippen LogP contribution in [0.25, 0.3) is 0 Å². The van der Waals surface area contributed by atoms with Crippen LogP contribution in [0, 0.1) is 11.3 Å². The zero-order valence-corrected chi connectivity index (χ0v) is 19.9. The smallest absolute Gasteiger partial charge is 0.328 e. The van der Waals surface area contributed by atoms with Crippen LogP contribution in [-0.4, -0.2) is 55.0 Å². The molecule has 0 unspecified atom stereocenters. The highest BCUT2D eigenvalue weighted by Crippen LogP contribution is 2.29. The summed E-state index contributed by atoms with van der Waals surface area (Å²) >= 11 is 0. The second-order valence-electron chi connectivity index (χ2n) is 7.58. The Kier molecular flexibility index (Phi) is 9.54. The molecule has 3 atom stereocenters. The van der Waals surface area contributed by atoms with E-state index < -0.39 is 35.9 Å². The maximum atomic E-state index is 12.8. The number of carbonyl (C=O) groups excluding carboxylic acids is 3. The zero-order chi connectivity index (χ0) is 25.3. The molecule has 2 aromatic rings. The SMILES string of the molecule is CNC(=N)[C@@H](Cc1ccccc1)[C@H](C)OC(=O)[C@H](C)NC(=O)c1nccc(OC)c1OC(C)=O. The minimum absolute atomic E-state index is 0.144. The van der Waals surface area contributed by atoms with Crippen molar-refractivity contribution >= 4 is 23.7 Å². The molecule has 2 rings (SSSR count). The van der Waals surface area contributed by atoms with Crippen LogP contribution in [-0.2, 0) is 20.7 Å². The Labute approximate surface area is 198 Å². The maximum Gasteiger partial charge on any atom is 0.328 e. The third kappa shape index (κ3) is 7.03. The van der Waals surface area contributed by atoms with E-state index in [2.05, 4.69) is 15.6 Å². The fourth-order valence-electron chi connectivity index (χ4n) is 3.24. The number of methoxy groups -OCH3 is 1. The predicted octanol–water partition coefficient (Wildman–Crippen LogP) is 2.12. The molecule has 1 heterocycles. The lowest BCUT2D eigenvalue weighted by Crippen LogP contribution is -2.44. The number of esters is 2. The summed E-state index contributed by atoms with van der Waals surface area (Å²) in [4.78, 5) is 40.9. The number of nitrogens with zero attached hydrogens (tertiary/aromatic N) is 1. The Morgan fingerprint density at radius 1 is 1.12 bits per heavy atom. The largest absolute Gasteiger partial charge is 0.493 e. The van der Waals surface area contributed by atoms with Crippen molar-refractivity contribution in [2.45, 2.75) is 39.3 Å². The first kappa shape index (κ1) is 26.3. The van der Waals surface area contributed by atoms with E-state index in [1.807, 2.05) is 30.3 Å². The minimum atomic E-state index is -1.03. The van der Waals surface area contributed by atoms with Crippen molar-refractivity contribution < 1.29 is 28.6 Å². The fourth-order valence-corrected chi connectivity index (χ4v) is 3.24. The van der Waals surface area contributed by atoms with E-state index in [1.165, 1.54) is 33.2 Å². The number of carbonyl (C=O) groups is 3. The van der Waals surface area contributed by atoms with Crippen LogP contribution in [0.2, 0.25) is 0 Å². The molecule has 182 valence electrons. The number of pyridine rings is 1. The highest BCUT2D eigenvalue weighted by atomic mass is 16.6. The second-order valence-corrected chi connectivity index (χ2v) is 7.58. The number of amides is 1. The molecule has 10 nitrogen and oxygen atoms in total. The van der Waals surface area contributed by atoms with Crippen LogP contribution in [0.4, 0.5) is 0 Å². The summed E-state index contributed by atoms with van der Waals surface area (Å²) < 4.78 is 15.8. The molecule has 34 heavy (non-hydrogen) atoms. The Bertz CT molecular complexity index is 1030. The summed E-state index contributed by atoms with van der Waals surface area (Å²) in [6.45, 7) is 4.35. The molecule has 1 aromatic heterocycles. The van der Waals surface area contributed by atoms with E-state index >= 15 is 0 Å². The van der Waals surface area contributed by atoms with Crippen LogP contribution >= 0.6 is 0 Å². The van der Waals surface area contributed by atoms with Crippen molar-refractivity contribution in [1.82, 2.24) is 15.6 Å². The molecule has 0 fully saturated rings. The van der Waals surface area contributed by atoms with Gasteiger partial charge in [-0.15, -0.1) is 0 Å². The Hall–Kier alpha value is -3.95. The first-order valence-electron chi connectivity index (χ1n) is 10.7. The van der Waals surface area contributed by atoms with Gasteiger partial charge in [0.15, 0.2) is 11.4 Å². The molecule has 0 aliphatic carbocycles. The van der Waals surface area contributed by atoms with Crippen LogP contribution < -0.4 is 20.1 Å². The van der Waals surface area contributed by atoms with Crippen molar-refractivity contribution in [1.29, 1.82) is 5.41 Å². The van der Waals surface area contributed by atoms with Gasteiger partial charge in [-0.05, 0) is 25.8 Å². The van der Waals surface area contributed by atoms with Gasteiger partial charge in [0.25, 0.3) is 5.91 Å². The van der Waals surface area contributed by atoms with E-state index in [-0.39, 0.29) is 23.0 Å². The van der Waals surface area contributed by atoms with E-state index in [4.69, 9.17) is 19.6 Å². The number of amidine groups is 1. The first-order chi connectivity index (χ1) is 16.2. The highest BCUT2D eigenvalue weighted by molar-refractivity contribution is 5.98. The molecule has 0 saturated carbocycles. The molecule has 10 heteroatoms. The number of aromatic nitrogens is 1. The van der Waals surface area contributed by atoms with Gasteiger partial charge in [0.1, 0.15) is 18.0 Å². The van der Waals surface area contributed by atoms with Gasteiger partial charge >= 0.3 is 11.9 Å². The summed E-state index contributed by atoms with van der Waals surface area (Å²) in [5.41, 5.74) is 0.792. The van der Waals surface area contributed by atoms with Gasteiger partial charge in [0, 0.05) is 26.2 Å². The fraction of sp³-hybridized carbons (Fsp3) is 0.375. The molecule has 0 bridgehead atoms. The van der Waals surface area contributed by atoms with Gasteiger partial charge < -0.3 is 24.8 Å². The quantitative estimate of drug-likeness (QED) is 0.273. The Balaban J connectivity index is 2.10. The predicted molar refractivity (Wildman–Crippen MR) is 125 cm³/mol. The summed E-state index contributed by atoms with van der Waals surface area (Å²) in [6.07, 6.45) is 1.18. The van der Waals surface area contributed by atoms with Gasteiger partial charge in [-0.25, -0.2) is 9.78 Å². The third-order valence-electron chi connectivity index (χ3n) is 5.06. The van der Waals surface area contributed by atoms with Gasteiger partial charge in [-0.3, -0.25) is 15.0 Å². The van der Waals surface area contributed by atoms with Crippen LogP contribution in [0.15, 0.2) is 42.6 Å². The number of hydrogen-bond acceptors (Lipinski definition) is 8. The van der Waals surface area contributed by atoms with Crippen LogP contribution in [0.1, 0.15) is 36.8 Å². The summed E-state index contributed by atoms with van der Waals surface area (Å²) in [7, 11) is 3.00. The number of hydrogen-bond donors (Lipinski definition) is 3. The maximum absolute atomic E-state index is 12.8. The first-order valence-corrected chi connectivity index (χ1v) is 10.7. The van der Waals surface area contributed by atoms with Crippen LogP contribution in [0.5, 0.6) is 11.5 Å². The van der Waals surface area contributed by atoms with E-state index in [9.17, 15) is 14.4 Å². The number of rotatable bonds is 10. The Morgan fingerprint density at radius 2 is 1.79 bits per heavy atom. The molecule has 3 N–H and O–H groups in total. The van der Waals surface area contributed by atoms with Gasteiger partial charge in [0.2, 0.25) is 5.75 Å². The van der Waals surface area contributed by atoms with Crippen molar-refractivity contribution in [2.24, 2.45) is 5.92 Å². The molecule has 0 aliphatic heterocycles. The molecular formula is C24H30N4O6. The average Bonchev–Trinajstić information content (AvgIpc) is 2.82. The second kappa shape index (κ2) is 12.3. The van der Waals surface area contributed by atoms with Gasteiger partial charge in [0.05, 0.1) is 13.0 Å². The normalized spacial score (nSPS) is 13.1. The molecule has 1 amide bonds. The zero-order valence-electron chi connectivity index (χ0n) is 19.9. The van der Waals surface area contributed by atoms with E-state index in [0.29, 0.717) is 6.42 Å². The molecule has 0 aliphatic rings. The topological polar surface area (TPSA) is 140 Å². The summed E-state index contributed by atoms with van der Waals surface area (Å²) in [5.74, 6) is -2.25. The standard InChI is InChI=1S/C24H30N4O6/c1-14(28-23(30)20-21(34-16(3)29)19(32-5)11-12-27-20)24(31)33-15(2)18(22(25)26-4)13-17-9-7-6-8-10-17/h6-12,14-15,18H,13H2,1-5H3,(H2,25,26)(H,28,30)/t14-,15-,18-/m0/s1. The lowest BCUT2D eigenvalue weighted by molar-refractivity contribution is -0.151. The molecule has 0 radical (unpaired) electrons. The molecule has 0 saturated heterocycles. The molecule has 0 spiro atoms. The summed E-state index contributed by atoms with van der Waals surface area (Å²) in [6, 6.07) is 10.00. The lowest BCUT2D eigenvalue weighted by Gasteiger charge is -2.26. The average molecular weight is 471 g/mol. The van der Waals surface area contributed by atoms with Crippen molar-refractivity contribution in [3.05, 3.63) is 53.9 Å².